The lowest BCUT2D eigenvalue weighted by atomic mass is 10.0. The third kappa shape index (κ3) is 2.88. The van der Waals surface area contributed by atoms with Gasteiger partial charge in [0.1, 0.15) is 0 Å². The summed E-state index contributed by atoms with van der Waals surface area (Å²) < 4.78 is 18.8. The number of carbonyl (C=O) groups is 1. The molecule has 0 radical (unpaired) electrons. The van der Waals surface area contributed by atoms with Gasteiger partial charge in [-0.05, 0) is 25.0 Å². The van der Waals surface area contributed by atoms with E-state index < -0.39 is 11.8 Å². The van der Waals surface area contributed by atoms with Gasteiger partial charge in [-0.2, -0.15) is 0 Å². The lowest BCUT2D eigenvalue weighted by Crippen LogP contribution is -2.17. The molecule has 0 heterocycles. The largest absolute Gasteiger partial charge is 0.490 e. The Bertz CT molecular complexity index is 443. The average Bonchev–Trinajstić information content (AvgIpc) is 3.00. The number of aliphatic carboxylic acids is 1. The molecule has 0 aromatic heterocycles. The summed E-state index contributed by atoms with van der Waals surface area (Å²) in [6, 6.07) is 4.52. The summed E-state index contributed by atoms with van der Waals surface area (Å²) >= 11 is 5.61. The van der Waals surface area contributed by atoms with Gasteiger partial charge in [-0.1, -0.05) is 17.7 Å². The second-order valence-corrected chi connectivity index (χ2v) is 4.82. The molecule has 1 saturated carbocycles. The highest BCUT2D eigenvalue weighted by atomic mass is 35.5. The van der Waals surface area contributed by atoms with Crippen LogP contribution in [-0.4, -0.2) is 17.7 Å². The first-order chi connectivity index (χ1) is 8.02. The van der Waals surface area contributed by atoms with Gasteiger partial charge in [-0.25, -0.2) is 4.39 Å². The zero-order valence-electron chi connectivity index (χ0n) is 9.08. The highest BCUT2D eigenvalue weighted by molar-refractivity contribution is 6.30. The molecule has 5 heteroatoms. The van der Waals surface area contributed by atoms with E-state index in [0.29, 0.717) is 0 Å². The number of hydrogen-bond donors (Lipinski definition) is 1. The van der Waals surface area contributed by atoms with Crippen molar-refractivity contribution in [3.8, 4) is 5.75 Å². The van der Waals surface area contributed by atoms with Gasteiger partial charge in [0.2, 0.25) is 0 Å². The molecule has 1 fully saturated rings. The van der Waals surface area contributed by atoms with Crippen molar-refractivity contribution < 1.29 is 19.0 Å². The number of rotatable bonds is 5. The van der Waals surface area contributed by atoms with Crippen molar-refractivity contribution in [3.63, 3.8) is 0 Å². The van der Waals surface area contributed by atoms with Gasteiger partial charge in [-0.3, -0.25) is 4.79 Å². The molecule has 2 rings (SSSR count). The van der Waals surface area contributed by atoms with Crippen LogP contribution >= 0.6 is 11.6 Å². The Labute approximate surface area is 103 Å². The zero-order valence-corrected chi connectivity index (χ0v) is 9.84. The molecule has 1 N–H and O–H groups in total. The molecule has 0 spiro atoms. The molecule has 17 heavy (non-hydrogen) atoms. The Morgan fingerprint density at radius 3 is 2.82 bits per heavy atom. The van der Waals surface area contributed by atoms with Crippen LogP contribution in [-0.2, 0) is 4.79 Å². The molecule has 1 aromatic carbocycles. The number of halogens is 2. The summed E-state index contributed by atoms with van der Waals surface area (Å²) in [6.45, 7) is 0.219. The second kappa shape index (κ2) is 4.53. The van der Waals surface area contributed by atoms with Crippen LogP contribution in [0.2, 0.25) is 5.02 Å². The third-order valence-electron chi connectivity index (χ3n) is 2.93. The van der Waals surface area contributed by atoms with E-state index in [1.54, 1.807) is 6.07 Å². The molecule has 0 bridgehead atoms. The fourth-order valence-electron chi connectivity index (χ4n) is 1.70. The predicted molar refractivity (Wildman–Crippen MR) is 60.8 cm³/mol. The van der Waals surface area contributed by atoms with Gasteiger partial charge in [0.25, 0.3) is 0 Å². The summed E-state index contributed by atoms with van der Waals surface area (Å²) in [5.41, 5.74) is -0.319. The van der Waals surface area contributed by atoms with E-state index in [2.05, 4.69) is 0 Å². The average molecular weight is 259 g/mol. The van der Waals surface area contributed by atoms with Crippen molar-refractivity contribution in [2.75, 3.05) is 6.61 Å². The fourth-order valence-corrected chi connectivity index (χ4v) is 1.86. The smallest absolute Gasteiger partial charge is 0.304 e. The number of hydrogen-bond acceptors (Lipinski definition) is 2. The van der Waals surface area contributed by atoms with Crippen LogP contribution < -0.4 is 4.74 Å². The normalized spacial score (nSPS) is 16.6. The first kappa shape index (κ1) is 12.2. The molecular weight excluding hydrogens is 247 g/mol. The summed E-state index contributed by atoms with van der Waals surface area (Å²) in [4.78, 5) is 10.6. The highest BCUT2D eigenvalue weighted by Crippen LogP contribution is 2.49. The molecule has 0 amide bonds. The standard InChI is InChI=1S/C12H12ClFO3/c13-8-2-1-3-9(11(8)14)17-7-12(4-5-12)6-10(15)16/h1-3H,4-7H2,(H,15,16). The van der Waals surface area contributed by atoms with E-state index in [-0.39, 0.29) is 29.2 Å². The predicted octanol–water partition coefficient (Wildman–Crippen LogP) is 3.11. The molecule has 1 aromatic rings. The van der Waals surface area contributed by atoms with Crippen molar-refractivity contribution >= 4 is 17.6 Å². The van der Waals surface area contributed by atoms with Gasteiger partial charge in [0.15, 0.2) is 11.6 Å². The third-order valence-corrected chi connectivity index (χ3v) is 3.23. The van der Waals surface area contributed by atoms with Gasteiger partial charge in [0.05, 0.1) is 18.1 Å². The molecule has 0 saturated heterocycles. The molecule has 0 aliphatic heterocycles. The van der Waals surface area contributed by atoms with Crippen molar-refractivity contribution in [1.29, 1.82) is 0 Å². The second-order valence-electron chi connectivity index (χ2n) is 4.41. The fraction of sp³-hybridized carbons (Fsp3) is 0.417. The number of carboxylic acids is 1. The minimum atomic E-state index is -0.849. The lowest BCUT2D eigenvalue weighted by molar-refractivity contribution is -0.138. The molecular formula is C12H12ClFO3. The van der Waals surface area contributed by atoms with Crippen molar-refractivity contribution in [1.82, 2.24) is 0 Å². The van der Waals surface area contributed by atoms with Crippen LogP contribution in [0.25, 0.3) is 0 Å². The molecule has 92 valence electrons. The molecule has 1 aliphatic carbocycles. The Morgan fingerprint density at radius 2 is 2.24 bits per heavy atom. The monoisotopic (exact) mass is 258 g/mol. The van der Waals surface area contributed by atoms with E-state index in [0.717, 1.165) is 12.8 Å². The van der Waals surface area contributed by atoms with E-state index in [9.17, 15) is 9.18 Å². The minimum absolute atomic E-state index is 0.00517. The van der Waals surface area contributed by atoms with Crippen LogP contribution in [0.1, 0.15) is 19.3 Å². The highest BCUT2D eigenvalue weighted by Gasteiger charge is 2.45. The number of carboxylic acid groups (broad SMARTS) is 1. The number of ether oxygens (including phenoxy) is 1. The Hall–Kier alpha value is -1.29. The van der Waals surface area contributed by atoms with Crippen LogP contribution in [0.15, 0.2) is 18.2 Å². The number of benzene rings is 1. The van der Waals surface area contributed by atoms with Crippen LogP contribution in [0.3, 0.4) is 0 Å². The van der Waals surface area contributed by atoms with Gasteiger partial charge < -0.3 is 9.84 Å². The van der Waals surface area contributed by atoms with E-state index in [1.807, 2.05) is 0 Å². The maximum absolute atomic E-state index is 13.5. The topological polar surface area (TPSA) is 46.5 Å². The Balaban J connectivity index is 1.98. The Morgan fingerprint density at radius 1 is 1.53 bits per heavy atom. The van der Waals surface area contributed by atoms with Gasteiger partial charge in [-0.15, -0.1) is 0 Å². The Kier molecular flexibility index (Phi) is 3.24. The van der Waals surface area contributed by atoms with Crippen molar-refractivity contribution in [3.05, 3.63) is 29.0 Å². The summed E-state index contributed by atoms with van der Waals surface area (Å²) in [6.07, 6.45) is 1.68. The van der Waals surface area contributed by atoms with E-state index in [4.69, 9.17) is 21.4 Å². The lowest BCUT2D eigenvalue weighted by Gasteiger charge is -2.14. The van der Waals surface area contributed by atoms with Crippen LogP contribution in [0.5, 0.6) is 5.75 Å². The van der Waals surface area contributed by atoms with Crippen LogP contribution in [0, 0.1) is 11.2 Å². The molecule has 3 nitrogen and oxygen atoms in total. The van der Waals surface area contributed by atoms with Crippen molar-refractivity contribution in [2.24, 2.45) is 5.41 Å². The van der Waals surface area contributed by atoms with Crippen LogP contribution in [0.4, 0.5) is 4.39 Å². The van der Waals surface area contributed by atoms with Gasteiger partial charge >= 0.3 is 5.97 Å². The minimum Gasteiger partial charge on any atom is -0.490 e. The van der Waals surface area contributed by atoms with E-state index in [1.165, 1.54) is 12.1 Å². The quantitative estimate of drug-likeness (QED) is 0.883. The molecule has 0 unspecified atom stereocenters. The SMILES string of the molecule is O=C(O)CC1(COc2cccc(Cl)c2F)CC1. The maximum atomic E-state index is 13.5. The first-order valence-corrected chi connectivity index (χ1v) is 5.69. The molecule has 1 aliphatic rings. The molecule has 0 atom stereocenters. The summed E-state index contributed by atoms with van der Waals surface area (Å²) in [5, 5.41) is 8.74. The van der Waals surface area contributed by atoms with E-state index >= 15 is 0 Å². The first-order valence-electron chi connectivity index (χ1n) is 5.31. The zero-order chi connectivity index (χ0) is 12.5. The summed E-state index contributed by atoms with van der Waals surface area (Å²) in [7, 11) is 0. The van der Waals surface area contributed by atoms with Crippen molar-refractivity contribution in [2.45, 2.75) is 19.3 Å². The van der Waals surface area contributed by atoms with Gasteiger partial charge in [0, 0.05) is 5.41 Å². The summed E-state index contributed by atoms with van der Waals surface area (Å²) in [5.74, 6) is -1.37. The maximum Gasteiger partial charge on any atom is 0.304 e.